The highest BCUT2D eigenvalue weighted by Gasteiger charge is 2.39. The maximum absolute atomic E-state index is 12.7. The summed E-state index contributed by atoms with van der Waals surface area (Å²) in [6, 6.07) is 2.92. The quantitative estimate of drug-likeness (QED) is 0.877. The molecule has 6 heteroatoms. The van der Waals surface area contributed by atoms with E-state index in [1.807, 2.05) is 0 Å². The van der Waals surface area contributed by atoms with Crippen LogP contribution in [0.3, 0.4) is 0 Å². The molecule has 1 N–H and O–H groups in total. The summed E-state index contributed by atoms with van der Waals surface area (Å²) >= 11 is 0. The fourth-order valence-electron chi connectivity index (χ4n) is 1.85. The number of fused-ring (bicyclic) bond motifs is 1. The lowest BCUT2D eigenvalue weighted by atomic mass is 10.1. The molecular weight excluding hydrogens is 231 g/mol. The van der Waals surface area contributed by atoms with Gasteiger partial charge in [-0.15, -0.1) is 0 Å². The molecule has 0 amide bonds. The normalized spacial score (nSPS) is 14.2. The van der Waals surface area contributed by atoms with Crippen LogP contribution in [0, 0.1) is 0 Å². The SMILES string of the molecule is CNC(c1ccc2c(c1)ncn2C)C(F)(F)F. The zero-order valence-electron chi connectivity index (χ0n) is 9.42. The molecule has 0 aliphatic rings. The van der Waals surface area contributed by atoms with Crippen molar-refractivity contribution in [2.45, 2.75) is 12.2 Å². The molecule has 0 fully saturated rings. The first-order chi connectivity index (χ1) is 7.93. The average molecular weight is 243 g/mol. The van der Waals surface area contributed by atoms with Crippen LogP contribution < -0.4 is 5.32 Å². The molecule has 0 saturated carbocycles. The fourth-order valence-corrected chi connectivity index (χ4v) is 1.85. The second-order valence-corrected chi connectivity index (χ2v) is 3.87. The van der Waals surface area contributed by atoms with Gasteiger partial charge >= 0.3 is 6.18 Å². The number of nitrogens with zero attached hydrogens (tertiary/aromatic N) is 2. The van der Waals surface area contributed by atoms with E-state index in [0.29, 0.717) is 5.52 Å². The number of hydrogen-bond donors (Lipinski definition) is 1. The molecule has 1 atom stereocenters. The predicted molar refractivity (Wildman–Crippen MR) is 58.6 cm³/mol. The Hall–Kier alpha value is -1.56. The first-order valence-corrected chi connectivity index (χ1v) is 5.08. The summed E-state index contributed by atoms with van der Waals surface area (Å²) in [4.78, 5) is 4.05. The van der Waals surface area contributed by atoms with Crippen LogP contribution >= 0.6 is 0 Å². The molecule has 1 aromatic carbocycles. The summed E-state index contributed by atoms with van der Waals surface area (Å²) in [5.41, 5.74) is 1.55. The first kappa shape index (κ1) is 11.9. The molecule has 0 aliphatic carbocycles. The smallest absolute Gasteiger partial charge is 0.334 e. The van der Waals surface area contributed by atoms with E-state index in [2.05, 4.69) is 10.3 Å². The van der Waals surface area contributed by atoms with Gasteiger partial charge in [-0.1, -0.05) is 6.07 Å². The van der Waals surface area contributed by atoms with Crippen molar-refractivity contribution in [1.82, 2.24) is 14.9 Å². The van der Waals surface area contributed by atoms with Gasteiger partial charge in [0.1, 0.15) is 6.04 Å². The third-order valence-electron chi connectivity index (χ3n) is 2.70. The number of halogens is 3. The molecule has 92 valence electrons. The van der Waals surface area contributed by atoms with Gasteiger partial charge in [-0.3, -0.25) is 0 Å². The van der Waals surface area contributed by atoms with Gasteiger partial charge in [0, 0.05) is 7.05 Å². The molecule has 0 aliphatic heterocycles. The van der Waals surface area contributed by atoms with Crippen molar-refractivity contribution in [3.63, 3.8) is 0 Å². The number of aryl methyl sites for hydroxylation is 1. The van der Waals surface area contributed by atoms with Crippen molar-refractivity contribution < 1.29 is 13.2 Å². The van der Waals surface area contributed by atoms with Crippen LogP contribution in [-0.4, -0.2) is 22.8 Å². The van der Waals surface area contributed by atoms with Crippen LogP contribution in [0.25, 0.3) is 11.0 Å². The third-order valence-corrected chi connectivity index (χ3v) is 2.70. The van der Waals surface area contributed by atoms with Crippen molar-refractivity contribution in [2.24, 2.45) is 7.05 Å². The largest absolute Gasteiger partial charge is 0.407 e. The minimum Gasteiger partial charge on any atom is -0.334 e. The predicted octanol–water partition coefficient (Wildman–Crippen LogP) is 2.40. The molecule has 3 nitrogen and oxygen atoms in total. The van der Waals surface area contributed by atoms with Gasteiger partial charge in [0.25, 0.3) is 0 Å². The monoisotopic (exact) mass is 243 g/mol. The van der Waals surface area contributed by atoms with Gasteiger partial charge in [-0.05, 0) is 24.7 Å². The van der Waals surface area contributed by atoms with E-state index in [-0.39, 0.29) is 5.56 Å². The van der Waals surface area contributed by atoms with E-state index in [0.717, 1.165) is 5.52 Å². The summed E-state index contributed by atoms with van der Waals surface area (Å²) in [6.45, 7) is 0. The van der Waals surface area contributed by atoms with E-state index >= 15 is 0 Å². The van der Waals surface area contributed by atoms with E-state index in [1.54, 1.807) is 24.0 Å². The van der Waals surface area contributed by atoms with Gasteiger partial charge in [0.2, 0.25) is 0 Å². The maximum Gasteiger partial charge on any atom is 0.407 e. The number of benzene rings is 1. The zero-order chi connectivity index (χ0) is 12.6. The highest BCUT2D eigenvalue weighted by atomic mass is 19.4. The van der Waals surface area contributed by atoms with Crippen molar-refractivity contribution >= 4 is 11.0 Å². The highest BCUT2D eigenvalue weighted by Crippen LogP contribution is 2.33. The summed E-state index contributed by atoms with van der Waals surface area (Å²) < 4.78 is 39.9. The molecule has 2 rings (SSSR count). The summed E-state index contributed by atoms with van der Waals surface area (Å²) in [5, 5.41) is 2.27. The van der Waals surface area contributed by atoms with Crippen molar-refractivity contribution in [3.05, 3.63) is 30.1 Å². The van der Waals surface area contributed by atoms with Gasteiger partial charge in [0.05, 0.1) is 17.4 Å². The van der Waals surface area contributed by atoms with Crippen LogP contribution in [0.15, 0.2) is 24.5 Å². The van der Waals surface area contributed by atoms with Crippen LogP contribution in [0.5, 0.6) is 0 Å². The molecule has 0 spiro atoms. The van der Waals surface area contributed by atoms with Crippen molar-refractivity contribution in [1.29, 1.82) is 0 Å². The van der Waals surface area contributed by atoms with Crippen LogP contribution in [0.1, 0.15) is 11.6 Å². The number of hydrogen-bond acceptors (Lipinski definition) is 2. The second-order valence-electron chi connectivity index (χ2n) is 3.87. The molecule has 17 heavy (non-hydrogen) atoms. The molecular formula is C11H12F3N3. The summed E-state index contributed by atoms with van der Waals surface area (Å²) in [7, 11) is 3.09. The molecule has 0 saturated heterocycles. The Labute approximate surface area is 96.3 Å². The lowest BCUT2D eigenvalue weighted by Crippen LogP contribution is -2.31. The molecule has 0 bridgehead atoms. The Bertz CT molecular complexity index is 530. The van der Waals surface area contributed by atoms with E-state index in [1.165, 1.54) is 19.2 Å². The minimum atomic E-state index is -4.31. The van der Waals surface area contributed by atoms with E-state index < -0.39 is 12.2 Å². The lowest BCUT2D eigenvalue weighted by Gasteiger charge is -2.19. The first-order valence-electron chi connectivity index (χ1n) is 5.08. The highest BCUT2D eigenvalue weighted by molar-refractivity contribution is 5.76. The number of nitrogens with one attached hydrogen (secondary N) is 1. The Morgan fingerprint density at radius 2 is 2.06 bits per heavy atom. The number of imidazole rings is 1. The summed E-state index contributed by atoms with van der Waals surface area (Å²) in [5.74, 6) is 0. The Morgan fingerprint density at radius 3 is 2.65 bits per heavy atom. The van der Waals surface area contributed by atoms with Crippen molar-refractivity contribution in [3.8, 4) is 0 Å². The third kappa shape index (κ3) is 2.12. The number of rotatable bonds is 2. The second kappa shape index (κ2) is 4.03. The summed E-state index contributed by atoms with van der Waals surface area (Å²) in [6.07, 6.45) is -2.73. The Morgan fingerprint density at radius 1 is 1.35 bits per heavy atom. The fraction of sp³-hybridized carbons (Fsp3) is 0.364. The van der Waals surface area contributed by atoms with E-state index in [4.69, 9.17) is 0 Å². The molecule has 0 radical (unpaired) electrons. The minimum absolute atomic E-state index is 0.172. The number of aromatic nitrogens is 2. The van der Waals surface area contributed by atoms with Crippen LogP contribution in [0.4, 0.5) is 13.2 Å². The van der Waals surface area contributed by atoms with Gasteiger partial charge in [-0.2, -0.15) is 13.2 Å². The molecule has 1 aromatic heterocycles. The number of alkyl halides is 3. The van der Waals surface area contributed by atoms with Crippen LogP contribution in [-0.2, 0) is 7.05 Å². The Kier molecular flexibility index (Phi) is 2.82. The average Bonchev–Trinajstić information content (AvgIpc) is 2.59. The molecule has 1 unspecified atom stereocenters. The van der Waals surface area contributed by atoms with Gasteiger partial charge < -0.3 is 9.88 Å². The molecule has 1 heterocycles. The zero-order valence-corrected chi connectivity index (χ0v) is 9.42. The van der Waals surface area contributed by atoms with E-state index in [9.17, 15) is 13.2 Å². The molecule has 2 aromatic rings. The van der Waals surface area contributed by atoms with Crippen molar-refractivity contribution in [2.75, 3.05) is 7.05 Å². The maximum atomic E-state index is 12.7. The standard InChI is InChI=1S/C11H12F3N3/c1-15-10(11(12,13)14)7-3-4-9-8(5-7)16-6-17(9)2/h3-6,10,15H,1-2H3. The lowest BCUT2D eigenvalue weighted by molar-refractivity contribution is -0.156. The topological polar surface area (TPSA) is 29.9 Å². The van der Waals surface area contributed by atoms with Gasteiger partial charge in [-0.25, -0.2) is 4.98 Å². The van der Waals surface area contributed by atoms with Crippen LogP contribution in [0.2, 0.25) is 0 Å². The van der Waals surface area contributed by atoms with Gasteiger partial charge in [0.15, 0.2) is 0 Å². The Balaban J connectivity index is 2.48.